The van der Waals surface area contributed by atoms with Gasteiger partial charge < -0.3 is 9.84 Å². The summed E-state index contributed by atoms with van der Waals surface area (Å²) in [7, 11) is -2.51. The van der Waals surface area contributed by atoms with Crippen molar-refractivity contribution in [2.45, 2.75) is 18.2 Å². The number of phenolic OH excluding ortho intramolecular Hbond substituents is 1. The van der Waals surface area contributed by atoms with Gasteiger partial charge in [-0.1, -0.05) is 42.5 Å². The van der Waals surface area contributed by atoms with Crippen LogP contribution in [0.15, 0.2) is 54.6 Å². The molecule has 0 aromatic heterocycles. The monoisotopic (exact) mass is 349 g/mol. The Hall–Kier alpha value is -2.38. The summed E-state index contributed by atoms with van der Waals surface area (Å²) in [5.41, 5.74) is 1.32. The van der Waals surface area contributed by atoms with Gasteiger partial charge in [0, 0.05) is 0 Å². The molecule has 1 atom stereocenters. The number of ether oxygens (including phenoxy) is 1. The molecule has 0 bridgehead atoms. The van der Waals surface area contributed by atoms with E-state index in [1.54, 1.807) is 42.5 Å². The Kier molecular flexibility index (Phi) is 5.94. The van der Waals surface area contributed by atoms with Crippen molar-refractivity contribution in [3.8, 4) is 5.75 Å². The molecule has 0 radical (unpaired) electrons. The molecule has 0 unspecified atom stereocenters. The summed E-state index contributed by atoms with van der Waals surface area (Å²) < 4.78 is 31.7. The second-order valence-electron chi connectivity index (χ2n) is 5.31. The highest BCUT2D eigenvalue weighted by atomic mass is 32.2. The minimum Gasteiger partial charge on any atom is -0.508 e. The third-order valence-corrected chi connectivity index (χ3v) is 4.74. The zero-order valence-electron chi connectivity index (χ0n) is 13.2. The number of sulfonamides is 1. The summed E-state index contributed by atoms with van der Waals surface area (Å²) in [5, 5.41) is 9.29. The summed E-state index contributed by atoms with van der Waals surface area (Å²) in [6.45, 7) is 0. The molecule has 0 aliphatic carbocycles. The van der Waals surface area contributed by atoms with Crippen molar-refractivity contribution in [3.63, 3.8) is 0 Å². The molecule has 2 rings (SSSR count). The van der Waals surface area contributed by atoms with Gasteiger partial charge in [-0.2, -0.15) is 0 Å². The van der Waals surface area contributed by atoms with Crippen molar-refractivity contribution in [1.82, 2.24) is 4.72 Å². The number of esters is 1. The fourth-order valence-corrected chi connectivity index (χ4v) is 3.56. The van der Waals surface area contributed by atoms with Crippen molar-refractivity contribution >= 4 is 16.0 Å². The Balaban J connectivity index is 2.13. The Bertz CT molecular complexity index is 772. The molecule has 2 N–H and O–H groups in total. The smallest absolute Gasteiger partial charge is 0.324 e. The first-order chi connectivity index (χ1) is 11.4. The molecule has 7 heteroatoms. The second kappa shape index (κ2) is 7.94. The van der Waals surface area contributed by atoms with Crippen molar-refractivity contribution in [2.75, 3.05) is 7.11 Å². The summed E-state index contributed by atoms with van der Waals surface area (Å²) in [6.07, 6.45) is 0.126. The number of nitrogens with one attached hydrogen (secondary N) is 1. The first-order valence-electron chi connectivity index (χ1n) is 7.29. The molecule has 2 aromatic carbocycles. The van der Waals surface area contributed by atoms with Crippen LogP contribution >= 0.6 is 0 Å². The van der Waals surface area contributed by atoms with Crippen LogP contribution < -0.4 is 4.72 Å². The minimum absolute atomic E-state index is 0.0954. The highest BCUT2D eigenvalue weighted by molar-refractivity contribution is 7.88. The van der Waals surface area contributed by atoms with Gasteiger partial charge in [-0.05, 0) is 29.7 Å². The lowest BCUT2D eigenvalue weighted by molar-refractivity contribution is -0.142. The lowest BCUT2D eigenvalue weighted by atomic mass is 10.1. The standard InChI is InChI=1S/C17H19NO5S/c1-23-17(20)16(11-13-7-9-15(19)10-8-13)18-24(21,22)12-14-5-3-2-4-6-14/h2-10,16,18-19H,11-12H2,1H3/t16-/m0/s1. The van der Waals surface area contributed by atoms with E-state index in [1.165, 1.54) is 19.2 Å². The van der Waals surface area contributed by atoms with Gasteiger partial charge in [-0.3, -0.25) is 4.79 Å². The number of benzene rings is 2. The van der Waals surface area contributed by atoms with E-state index in [0.29, 0.717) is 11.1 Å². The quantitative estimate of drug-likeness (QED) is 0.741. The van der Waals surface area contributed by atoms with E-state index in [0.717, 1.165) is 0 Å². The number of phenols is 1. The van der Waals surface area contributed by atoms with Crippen molar-refractivity contribution in [2.24, 2.45) is 0 Å². The molecule has 0 aliphatic heterocycles. The van der Waals surface area contributed by atoms with Crippen LogP contribution in [0.5, 0.6) is 5.75 Å². The number of carbonyl (C=O) groups is 1. The van der Waals surface area contributed by atoms with Gasteiger partial charge in [0.2, 0.25) is 10.0 Å². The first kappa shape index (κ1) is 18.0. The SMILES string of the molecule is COC(=O)[C@H](Cc1ccc(O)cc1)NS(=O)(=O)Cc1ccccc1. The fraction of sp³-hybridized carbons (Fsp3) is 0.235. The fourth-order valence-electron chi connectivity index (χ4n) is 2.24. The minimum atomic E-state index is -3.72. The topological polar surface area (TPSA) is 92.7 Å². The maximum absolute atomic E-state index is 12.3. The largest absolute Gasteiger partial charge is 0.508 e. The van der Waals surface area contributed by atoms with Crippen LogP contribution in [0, 0.1) is 0 Å². The van der Waals surface area contributed by atoms with Crippen LogP contribution in [0.2, 0.25) is 0 Å². The number of carbonyl (C=O) groups excluding carboxylic acids is 1. The summed E-state index contributed by atoms with van der Waals surface area (Å²) in [4.78, 5) is 11.9. The predicted octanol–water partition coefficient (Wildman–Crippen LogP) is 1.60. The van der Waals surface area contributed by atoms with Crippen LogP contribution in [0.1, 0.15) is 11.1 Å². The normalized spacial score (nSPS) is 12.5. The molecule has 0 heterocycles. The number of hydrogen-bond acceptors (Lipinski definition) is 5. The van der Waals surface area contributed by atoms with Gasteiger partial charge in [0.05, 0.1) is 12.9 Å². The molecule has 0 saturated carbocycles. The molecule has 0 spiro atoms. The summed E-state index contributed by atoms with van der Waals surface area (Å²) in [6, 6.07) is 13.9. The Labute approximate surface area is 141 Å². The van der Waals surface area contributed by atoms with E-state index in [2.05, 4.69) is 9.46 Å². The van der Waals surface area contributed by atoms with Crippen LogP contribution in [0.4, 0.5) is 0 Å². The van der Waals surface area contributed by atoms with Gasteiger partial charge in [-0.15, -0.1) is 0 Å². The van der Waals surface area contributed by atoms with E-state index < -0.39 is 22.0 Å². The van der Waals surface area contributed by atoms with E-state index >= 15 is 0 Å². The number of methoxy groups -OCH3 is 1. The van der Waals surface area contributed by atoms with Crippen LogP contribution in [0.3, 0.4) is 0 Å². The molecular formula is C17H19NO5S. The lowest BCUT2D eigenvalue weighted by Crippen LogP contribution is -2.43. The third kappa shape index (κ3) is 5.36. The molecule has 0 amide bonds. The van der Waals surface area contributed by atoms with Crippen molar-refractivity contribution in [3.05, 3.63) is 65.7 Å². The molecule has 6 nitrogen and oxygen atoms in total. The predicted molar refractivity (Wildman–Crippen MR) is 89.8 cm³/mol. The van der Waals surface area contributed by atoms with Crippen LogP contribution in [0.25, 0.3) is 0 Å². The molecule has 0 saturated heterocycles. The van der Waals surface area contributed by atoms with Gasteiger partial charge in [-0.25, -0.2) is 13.1 Å². The number of rotatable bonds is 7. The average molecular weight is 349 g/mol. The Morgan fingerprint density at radius 2 is 1.71 bits per heavy atom. The van der Waals surface area contributed by atoms with E-state index in [1.807, 2.05) is 0 Å². The van der Waals surface area contributed by atoms with Gasteiger partial charge in [0.25, 0.3) is 0 Å². The van der Waals surface area contributed by atoms with Crippen molar-refractivity contribution < 1.29 is 23.1 Å². The average Bonchev–Trinajstić information content (AvgIpc) is 2.55. The van der Waals surface area contributed by atoms with E-state index in [9.17, 15) is 18.3 Å². The zero-order valence-corrected chi connectivity index (χ0v) is 14.0. The zero-order chi connectivity index (χ0) is 17.6. The van der Waals surface area contributed by atoms with Crippen molar-refractivity contribution in [1.29, 1.82) is 0 Å². The maximum atomic E-state index is 12.3. The van der Waals surface area contributed by atoms with E-state index in [-0.39, 0.29) is 17.9 Å². The molecule has 24 heavy (non-hydrogen) atoms. The van der Waals surface area contributed by atoms with Crippen LogP contribution in [-0.2, 0) is 31.7 Å². The Morgan fingerprint density at radius 1 is 1.08 bits per heavy atom. The van der Waals surface area contributed by atoms with Gasteiger partial charge in [0.1, 0.15) is 11.8 Å². The number of aromatic hydroxyl groups is 1. The van der Waals surface area contributed by atoms with E-state index in [4.69, 9.17) is 0 Å². The third-order valence-electron chi connectivity index (χ3n) is 3.38. The lowest BCUT2D eigenvalue weighted by Gasteiger charge is -2.17. The van der Waals surface area contributed by atoms with Crippen LogP contribution in [-0.4, -0.2) is 32.6 Å². The van der Waals surface area contributed by atoms with Gasteiger partial charge >= 0.3 is 5.97 Å². The highest BCUT2D eigenvalue weighted by Crippen LogP contribution is 2.13. The maximum Gasteiger partial charge on any atom is 0.324 e. The Morgan fingerprint density at radius 3 is 2.29 bits per heavy atom. The number of hydrogen-bond donors (Lipinski definition) is 2. The first-order valence-corrected chi connectivity index (χ1v) is 8.94. The summed E-state index contributed by atoms with van der Waals surface area (Å²) >= 11 is 0. The summed E-state index contributed by atoms with van der Waals surface area (Å²) in [5.74, 6) is -0.797. The van der Waals surface area contributed by atoms with Gasteiger partial charge in [0.15, 0.2) is 0 Å². The molecule has 128 valence electrons. The highest BCUT2D eigenvalue weighted by Gasteiger charge is 2.25. The second-order valence-corrected chi connectivity index (χ2v) is 7.06. The molecule has 2 aromatic rings. The molecule has 0 aliphatic rings. The molecular weight excluding hydrogens is 330 g/mol. The molecule has 0 fully saturated rings.